The first kappa shape index (κ1) is 32.7. The van der Waals surface area contributed by atoms with Gasteiger partial charge in [-0.1, -0.05) is 52.6 Å². The number of benzene rings is 2. The van der Waals surface area contributed by atoms with Crippen LogP contribution in [0.3, 0.4) is 0 Å². The monoisotopic (exact) mass is 649 g/mol. The number of aliphatic carboxylic acids is 1. The molecule has 0 aliphatic carbocycles. The maximum absolute atomic E-state index is 13.8. The zero-order valence-corrected chi connectivity index (χ0v) is 24.8. The van der Waals surface area contributed by atoms with Gasteiger partial charge in [0, 0.05) is 24.9 Å². The van der Waals surface area contributed by atoms with E-state index in [9.17, 15) is 39.1 Å². The van der Waals surface area contributed by atoms with Crippen LogP contribution in [0, 0.1) is 5.21 Å². The average molecular weight is 650 g/mol. The molecule has 44 heavy (non-hydrogen) atoms. The molecule has 2 fully saturated rings. The molecule has 0 aromatic heterocycles. The number of quaternary nitrogens is 1. The van der Waals surface area contributed by atoms with Gasteiger partial charge in [-0.2, -0.15) is 5.01 Å². The number of carbonyl (C=O) groups is 6. The van der Waals surface area contributed by atoms with Crippen molar-refractivity contribution in [3.8, 4) is 0 Å². The Hall–Kier alpha value is -4.24. The molecule has 2 aromatic rings. The predicted octanol–water partition coefficient (Wildman–Crippen LogP) is 2.54. The number of hydrogen-bond donors (Lipinski definition) is 3. The molecule has 2 saturated heterocycles. The number of halogens is 2. The van der Waals surface area contributed by atoms with E-state index in [1.807, 2.05) is 0 Å². The molecule has 0 bridgehead atoms. The fourth-order valence-corrected chi connectivity index (χ4v) is 5.46. The van der Waals surface area contributed by atoms with Gasteiger partial charge in [0.15, 0.2) is 12.4 Å². The smallest absolute Gasteiger partial charge is 0.341 e. The van der Waals surface area contributed by atoms with Gasteiger partial charge >= 0.3 is 23.9 Å². The van der Waals surface area contributed by atoms with Crippen molar-refractivity contribution in [3.63, 3.8) is 0 Å². The minimum absolute atomic E-state index is 0.0209. The van der Waals surface area contributed by atoms with E-state index in [0.717, 1.165) is 5.01 Å². The van der Waals surface area contributed by atoms with Gasteiger partial charge in [-0.3, -0.25) is 19.2 Å². The zero-order valence-electron chi connectivity index (χ0n) is 23.2. The lowest BCUT2D eigenvalue weighted by Gasteiger charge is -2.53. The molecule has 3 N–H and O–H groups in total. The molecule has 2 aliphatic heterocycles. The van der Waals surface area contributed by atoms with Crippen LogP contribution in [-0.4, -0.2) is 93.9 Å². The van der Waals surface area contributed by atoms with Crippen molar-refractivity contribution in [2.75, 3.05) is 26.2 Å². The van der Waals surface area contributed by atoms with Crippen LogP contribution in [0.2, 0.25) is 10.0 Å². The number of carboxylic acid groups (broad SMARTS) is 1. The third-order valence-electron chi connectivity index (χ3n) is 7.12. The van der Waals surface area contributed by atoms with Crippen molar-refractivity contribution in [1.82, 2.24) is 20.8 Å². The van der Waals surface area contributed by atoms with Crippen LogP contribution in [0.4, 0.5) is 4.79 Å². The molecule has 0 saturated carbocycles. The summed E-state index contributed by atoms with van der Waals surface area (Å²) >= 11 is 12.0. The molecule has 2 heterocycles. The summed E-state index contributed by atoms with van der Waals surface area (Å²) in [6.45, 7) is -1.19. The minimum atomic E-state index is -1.69. The Kier molecular flexibility index (Phi) is 10.4. The summed E-state index contributed by atoms with van der Waals surface area (Å²) in [7, 11) is 0. The number of hydrogen-bond acceptors (Lipinski definition) is 8. The Labute approximate surface area is 261 Å². The first-order valence-corrected chi connectivity index (χ1v) is 14.4. The van der Waals surface area contributed by atoms with Crippen LogP contribution in [0.25, 0.3) is 0 Å². The number of nitrogens with zero attached hydrogens (tertiary/aromatic N) is 3. The maximum Gasteiger partial charge on any atom is 0.341 e. The number of amides is 4. The maximum atomic E-state index is 13.8. The molecular formula is C28H29Cl2N5O9. The molecule has 2 aliphatic rings. The number of hydrazine groups is 1. The van der Waals surface area contributed by atoms with Crippen LogP contribution >= 0.6 is 23.2 Å². The van der Waals surface area contributed by atoms with Gasteiger partial charge in [-0.05, 0) is 30.7 Å². The van der Waals surface area contributed by atoms with Gasteiger partial charge in [0.1, 0.15) is 25.2 Å². The molecular weight excluding hydrogens is 621 g/mol. The standard InChI is InChI=1S/C28H29Cl2N5O9/c29-18-9-6-10-19(30)24(18)27(41)44-16-22(36)21(15-23(37)38)32-28(42)33-12-4-5-13-35(43)14-11-20(26(40)34(33)35)31-25(39)17-7-2-1-3-8-17/h1-3,6-10,20-21H,4-5,11-16H2,(H,31,39)(H,32,42)(H,37,38). The first-order chi connectivity index (χ1) is 20.9. The number of fused-ring (bicyclic) bond motifs is 1. The quantitative estimate of drug-likeness (QED) is 0.208. The predicted molar refractivity (Wildman–Crippen MR) is 155 cm³/mol. The summed E-state index contributed by atoms with van der Waals surface area (Å²) in [6.07, 6.45) is -0.165. The van der Waals surface area contributed by atoms with E-state index >= 15 is 0 Å². The van der Waals surface area contributed by atoms with Crippen molar-refractivity contribution < 1.29 is 43.4 Å². The van der Waals surface area contributed by atoms with Crippen LogP contribution < -0.4 is 10.6 Å². The Bertz CT molecular complexity index is 1440. The Morgan fingerprint density at radius 1 is 1.02 bits per heavy atom. The highest BCUT2D eigenvalue weighted by Crippen LogP contribution is 2.28. The van der Waals surface area contributed by atoms with Crippen LogP contribution in [-0.2, 0) is 19.1 Å². The molecule has 4 amide bonds. The highest BCUT2D eigenvalue weighted by atomic mass is 35.5. The molecule has 16 heteroatoms. The molecule has 2 aromatic carbocycles. The van der Waals surface area contributed by atoms with Gasteiger partial charge < -0.3 is 25.7 Å². The fourth-order valence-electron chi connectivity index (χ4n) is 4.90. The van der Waals surface area contributed by atoms with Gasteiger partial charge in [-0.25, -0.2) is 14.3 Å². The van der Waals surface area contributed by atoms with Crippen LogP contribution in [0.1, 0.15) is 46.4 Å². The zero-order chi connectivity index (χ0) is 32.0. The molecule has 3 atom stereocenters. The Balaban J connectivity index is 1.49. The highest BCUT2D eigenvalue weighted by molar-refractivity contribution is 6.39. The summed E-state index contributed by atoms with van der Waals surface area (Å²) < 4.78 is 3.80. The van der Waals surface area contributed by atoms with E-state index in [4.69, 9.17) is 27.9 Å². The fraction of sp³-hybridized carbons (Fsp3) is 0.357. The number of nitrogens with one attached hydrogen (secondary N) is 2. The number of hydroxylamine groups is 2. The van der Waals surface area contributed by atoms with E-state index in [0.29, 0.717) is 23.5 Å². The van der Waals surface area contributed by atoms with Crippen LogP contribution in [0.5, 0.6) is 0 Å². The van der Waals surface area contributed by atoms with Crippen molar-refractivity contribution in [2.45, 2.75) is 37.8 Å². The van der Waals surface area contributed by atoms with Crippen molar-refractivity contribution >= 4 is 58.8 Å². The number of urea groups is 1. The lowest BCUT2D eigenvalue weighted by molar-refractivity contribution is -1.00. The van der Waals surface area contributed by atoms with Crippen molar-refractivity contribution in [1.29, 1.82) is 0 Å². The second-order valence-corrected chi connectivity index (χ2v) is 11.0. The third kappa shape index (κ3) is 7.45. The number of ketones is 1. The Morgan fingerprint density at radius 3 is 2.36 bits per heavy atom. The lowest BCUT2D eigenvalue weighted by atomic mass is 10.1. The highest BCUT2D eigenvalue weighted by Gasteiger charge is 2.48. The van der Waals surface area contributed by atoms with Gasteiger partial charge in [0.25, 0.3) is 5.91 Å². The van der Waals surface area contributed by atoms with E-state index in [1.54, 1.807) is 30.3 Å². The number of Topliss-reactive ketones (excluding diaryl/α,β-unsaturated/α-hetero) is 1. The van der Waals surface area contributed by atoms with E-state index < -0.39 is 65.4 Å². The third-order valence-corrected chi connectivity index (χ3v) is 7.75. The molecule has 0 radical (unpaired) electrons. The normalized spacial score (nSPS) is 20.5. The number of esters is 1. The van der Waals surface area contributed by atoms with E-state index in [2.05, 4.69) is 10.6 Å². The summed E-state index contributed by atoms with van der Waals surface area (Å²) in [4.78, 5) is 76.8. The molecule has 3 unspecified atom stereocenters. The summed E-state index contributed by atoms with van der Waals surface area (Å²) in [5, 5.41) is 29.5. The summed E-state index contributed by atoms with van der Waals surface area (Å²) in [5.41, 5.74) is 0.0980. The summed E-state index contributed by atoms with van der Waals surface area (Å²) in [5.74, 6) is -4.85. The van der Waals surface area contributed by atoms with Crippen LogP contribution in [0.15, 0.2) is 48.5 Å². The number of ether oxygens (including phenoxy) is 1. The summed E-state index contributed by atoms with van der Waals surface area (Å²) in [6, 6.07) is 8.50. The van der Waals surface area contributed by atoms with E-state index in [-0.39, 0.29) is 41.7 Å². The molecule has 234 valence electrons. The van der Waals surface area contributed by atoms with Crippen molar-refractivity contribution in [3.05, 3.63) is 74.9 Å². The molecule has 0 spiro atoms. The topological polar surface area (TPSA) is 185 Å². The Morgan fingerprint density at radius 2 is 1.70 bits per heavy atom. The molecule has 4 rings (SSSR count). The second kappa shape index (κ2) is 14.0. The lowest BCUT2D eigenvalue weighted by Crippen LogP contribution is -2.73. The van der Waals surface area contributed by atoms with Crippen molar-refractivity contribution in [2.24, 2.45) is 0 Å². The number of rotatable bonds is 9. The molecule has 14 nitrogen and oxygen atoms in total. The van der Waals surface area contributed by atoms with E-state index in [1.165, 1.54) is 18.2 Å². The van der Waals surface area contributed by atoms with Gasteiger partial charge in [0.05, 0.1) is 22.0 Å². The SMILES string of the molecule is O=C(O)CC(NC(=O)N1CCCC[N+]2([O-])CCC(NC(=O)c3ccccc3)C(=O)N12)C(=O)COC(=O)c1c(Cl)cccc1Cl. The minimum Gasteiger partial charge on any atom is -0.605 e. The first-order valence-electron chi connectivity index (χ1n) is 13.6. The largest absolute Gasteiger partial charge is 0.605 e. The van der Waals surface area contributed by atoms with Gasteiger partial charge in [-0.15, -0.1) is 0 Å². The average Bonchev–Trinajstić information content (AvgIpc) is 3.16. The number of carboxylic acids is 1. The second-order valence-electron chi connectivity index (χ2n) is 10.2. The van der Waals surface area contributed by atoms with Gasteiger partial charge in [0.2, 0.25) is 0 Å². The number of carbonyl (C=O) groups excluding carboxylic acids is 5.